The Bertz CT molecular complexity index is 3350. The maximum atomic E-state index is 14.4. The molecule has 1 saturated heterocycles. The van der Waals surface area contributed by atoms with Gasteiger partial charge < -0.3 is 47.7 Å². The minimum absolute atomic E-state index is 0.0348. The summed E-state index contributed by atoms with van der Waals surface area (Å²) in [5, 5.41) is -0.318. The number of benzene rings is 5. The zero-order valence-electron chi connectivity index (χ0n) is 50.5. The molecule has 5 aromatic carbocycles. The molecule has 0 spiro atoms. The molecule has 0 radical (unpaired) electrons. The van der Waals surface area contributed by atoms with Crippen LogP contribution in [0.3, 0.4) is 0 Å². The van der Waals surface area contributed by atoms with Crippen molar-refractivity contribution < 1.29 is 57.0 Å². The molecule has 3 atom stereocenters. The number of para-hydroxylation sites is 2. The minimum Gasteiger partial charge on any atom is -0.493 e. The average molecular weight is 1230 g/mol. The highest BCUT2D eigenvalue weighted by atomic mass is 33.1. The molecule has 0 saturated carbocycles. The van der Waals surface area contributed by atoms with E-state index in [0.717, 1.165) is 87.6 Å². The van der Waals surface area contributed by atoms with Crippen LogP contribution >= 0.6 is 33.3 Å². The van der Waals surface area contributed by atoms with Gasteiger partial charge in [-0.2, -0.15) is 11.8 Å². The Labute approximate surface area is 518 Å². The molecule has 0 N–H and O–H groups in total. The van der Waals surface area contributed by atoms with Crippen LogP contribution in [-0.2, 0) is 61.1 Å². The standard InChI is InChI=1S/C67H79N5O11S3/c1-44-30-54-47(20-21-50-34-48-14-8-10-18-56(48)71(50)64(54)75)36-59(44)82-41-45-31-46(42-83-61-38-58-55(37-60(61)79-6)65(76)72-52(40-68(58)4)35-49-15-9-11-19-57(49)72)33-51(32-45)69(23-24-80-27-28-81-26-25-78-5)43-67(2,3)86-85-29-13-17-53(73)16-12-22-70-63(74)39-62(84-7)66(70)77/h8-11,14-15,18-19,30-33,36-38,50,52,62H,12-13,16-17,20-29,34-35,39,41-43H2,1-7H3/t50-,52+,62?/m1/s1. The third-order valence-corrected chi connectivity index (χ3v) is 20.7. The number of hydrogen-bond acceptors (Lipinski definition) is 15. The summed E-state index contributed by atoms with van der Waals surface area (Å²) in [5.41, 5.74) is 10.7. The largest absolute Gasteiger partial charge is 0.493 e. The molecule has 10 rings (SSSR count). The summed E-state index contributed by atoms with van der Waals surface area (Å²) in [5.74, 6) is 2.16. The highest BCUT2D eigenvalue weighted by molar-refractivity contribution is 8.77. The molecular weight excluding hydrogens is 1150 g/mol. The molecule has 5 heterocycles. The second kappa shape index (κ2) is 28.7. The number of thioether (sulfide) groups is 1. The normalized spacial score (nSPS) is 17.8. The van der Waals surface area contributed by atoms with E-state index in [1.165, 1.54) is 22.2 Å². The van der Waals surface area contributed by atoms with E-state index >= 15 is 0 Å². The maximum Gasteiger partial charge on any atom is 0.258 e. The van der Waals surface area contributed by atoms with Crippen LogP contribution in [0.5, 0.6) is 17.2 Å². The number of anilines is 3. The first-order chi connectivity index (χ1) is 41.6. The lowest BCUT2D eigenvalue weighted by atomic mass is 9.98. The van der Waals surface area contributed by atoms with Crippen LogP contribution in [-0.4, -0.2) is 153 Å². The van der Waals surface area contributed by atoms with Crippen molar-refractivity contribution in [3.05, 3.63) is 136 Å². The Morgan fingerprint density at radius 3 is 2.14 bits per heavy atom. The number of carbonyl (C=O) groups is 5. The van der Waals surface area contributed by atoms with Gasteiger partial charge in [-0.3, -0.25) is 28.9 Å². The molecule has 1 unspecified atom stereocenters. The number of methoxy groups -OCH3 is 2. The molecule has 0 aliphatic carbocycles. The van der Waals surface area contributed by atoms with Crippen LogP contribution in [0, 0.1) is 6.92 Å². The Hall–Kier alpha value is -6.35. The van der Waals surface area contributed by atoms with E-state index in [0.29, 0.717) is 101 Å². The first-order valence-corrected chi connectivity index (χ1v) is 33.4. The summed E-state index contributed by atoms with van der Waals surface area (Å²) in [6.07, 6.45) is 10.7. The predicted molar refractivity (Wildman–Crippen MR) is 342 cm³/mol. The molecule has 456 valence electrons. The van der Waals surface area contributed by atoms with Gasteiger partial charge in [0.2, 0.25) is 17.7 Å². The lowest BCUT2D eigenvalue weighted by Gasteiger charge is -2.34. The number of rotatable bonds is 30. The first-order valence-electron chi connectivity index (χ1n) is 29.8. The quantitative estimate of drug-likeness (QED) is 0.0141. The van der Waals surface area contributed by atoms with Gasteiger partial charge in [-0.05, 0) is 154 Å². The van der Waals surface area contributed by atoms with E-state index in [1.807, 2.05) is 77.1 Å². The number of likely N-dealkylation sites (tertiary alicyclic amines) is 1. The summed E-state index contributed by atoms with van der Waals surface area (Å²) in [4.78, 5) is 74.2. The van der Waals surface area contributed by atoms with Gasteiger partial charge in [-0.25, -0.2) is 0 Å². The van der Waals surface area contributed by atoms with Gasteiger partial charge in [0, 0.05) is 103 Å². The number of hydrogen-bond donors (Lipinski definition) is 0. The molecule has 0 bridgehead atoms. The van der Waals surface area contributed by atoms with Crippen molar-refractivity contribution in [1.82, 2.24) is 4.90 Å². The van der Waals surface area contributed by atoms with Crippen molar-refractivity contribution in [3.8, 4) is 17.2 Å². The third kappa shape index (κ3) is 14.6. The van der Waals surface area contributed by atoms with Gasteiger partial charge in [0.25, 0.3) is 5.91 Å². The predicted octanol–water partition coefficient (Wildman–Crippen LogP) is 10.8. The van der Waals surface area contributed by atoms with Gasteiger partial charge >= 0.3 is 0 Å². The van der Waals surface area contributed by atoms with Crippen LogP contribution in [0.1, 0.15) is 106 Å². The number of nitrogens with zero attached hydrogens (tertiary/aromatic N) is 5. The number of amides is 4. The van der Waals surface area contributed by atoms with E-state index in [9.17, 15) is 24.0 Å². The molecule has 1 fully saturated rings. The molecule has 0 aromatic heterocycles. The van der Waals surface area contributed by atoms with Gasteiger partial charge in [0.15, 0.2) is 5.75 Å². The highest BCUT2D eigenvalue weighted by Crippen LogP contribution is 2.43. The third-order valence-electron chi connectivity index (χ3n) is 16.4. The SMILES string of the molecule is COCCOCCOCCN(CC(C)(C)SSCCCC(=O)CCCN1C(=O)CC(SC)C1=O)c1cc(COc2cc3c(cc2C)C(=O)N2c4ccccc4C[C@H]2CC3)cc(COc2cc3c(cc2OC)C(=O)N2c4ccccc4C[C@H]2[C-]=[N+]3C)c1. The van der Waals surface area contributed by atoms with Crippen LogP contribution in [0.2, 0.25) is 0 Å². The first kappa shape index (κ1) is 62.7. The van der Waals surface area contributed by atoms with Gasteiger partial charge in [-0.1, -0.05) is 58.0 Å². The van der Waals surface area contributed by atoms with Crippen molar-refractivity contribution in [3.63, 3.8) is 0 Å². The van der Waals surface area contributed by atoms with Crippen molar-refractivity contribution in [2.45, 2.75) is 114 Å². The summed E-state index contributed by atoms with van der Waals surface area (Å²) >= 11 is 1.40. The van der Waals surface area contributed by atoms with Crippen molar-refractivity contribution in [2.24, 2.45) is 0 Å². The van der Waals surface area contributed by atoms with Crippen molar-refractivity contribution in [1.29, 1.82) is 0 Å². The topological polar surface area (TPSA) is 157 Å². The number of fused-ring (bicyclic) bond motifs is 8. The van der Waals surface area contributed by atoms with E-state index in [4.69, 9.17) is 28.4 Å². The highest BCUT2D eigenvalue weighted by Gasteiger charge is 2.40. The molecule has 86 heavy (non-hydrogen) atoms. The fourth-order valence-electron chi connectivity index (χ4n) is 12.1. The average Bonchev–Trinajstić information content (AvgIpc) is 1.74. The Balaban J connectivity index is 0.880. The number of Topliss-reactive ketones (excluding diaryl/α,β-unsaturated/α-hetero) is 1. The molecular formula is C67H79N5O11S3. The number of imide groups is 1. The van der Waals surface area contributed by atoms with Crippen molar-refractivity contribution >= 4 is 91.7 Å². The fraction of sp³-hybridized carbons (Fsp3) is 0.463. The smallest absolute Gasteiger partial charge is 0.258 e. The number of ether oxygens (including phenoxy) is 6. The van der Waals surface area contributed by atoms with Gasteiger partial charge in [0.05, 0.1) is 51.1 Å². The molecule has 16 nitrogen and oxygen atoms in total. The minimum atomic E-state index is -0.318. The summed E-state index contributed by atoms with van der Waals surface area (Å²) in [7, 11) is 8.68. The zero-order chi connectivity index (χ0) is 60.5. The molecule has 5 aliphatic heterocycles. The number of carbonyl (C=O) groups excluding carboxylic acids is 5. The molecule has 5 aliphatic rings. The van der Waals surface area contributed by atoms with Crippen molar-refractivity contribution in [2.75, 3.05) is 101 Å². The van der Waals surface area contributed by atoms with E-state index < -0.39 is 0 Å². The van der Waals surface area contributed by atoms with Gasteiger partial charge in [0.1, 0.15) is 37.5 Å². The number of aryl methyl sites for hydroxylation is 2. The molecule has 19 heteroatoms. The number of ketones is 1. The zero-order valence-corrected chi connectivity index (χ0v) is 52.9. The fourth-order valence-corrected chi connectivity index (χ4v) is 15.4. The second-order valence-electron chi connectivity index (χ2n) is 23.2. The van der Waals surface area contributed by atoms with E-state index in [2.05, 4.69) is 67.4 Å². The maximum absolute atomic E-state index is 14.4. The monoisotopic (exact) mass is 1230 g/mol. The van der Waals surface area contributed by atoms with E-state index in [1.54, 1.807) is 41.9 Å². The van der Waals surface area contributed by atoms with E-state index in [-0.39, 0.29) is 71.1 Å². The van der Waals surface area contributed by atoms with Crippen LogP contribution in [0.15, 0.2) is 91.0 Å². The summed E-state index contributed by atoms with van der Waals surface area (Å²) in [6.45, 7) is 10.6. The Morgan fingerprint density at radius 1 is 0.744 bits per heavy atom. The summed E-state index contributed by atoms with van der Waals surface area (Å²) < 4.78 is 38.2. The second-order valence-corrected chi connectivity index (χ2v) is 27.3. The lowest BCUT2D eigenvalue weighted by molar-refractivity contribution is -0.401. The van der Waals surface area contributed by atoms with Crippen LogP contribution in [0.4, 0.5) is 22.7 Å². The lowest BCUT2D eigenvalue weighted by Crippen LogP contribution is -2.38. The molecule has 4 amide bonds. The van der Waals surface area contributed by atoms with Gasteiger partial charge in [-0.15, -0.1) is 0 Å². The summed E-state index contributed by atoms with van der Waals surface area (Å²) in [6, 6.07) is 30.2. The van der Waals surface area contributed by atoms with Crippen LogP contribution < -0.4 is 28.9 Å². The Kier molecular flexibility index (Phi) is 20.9. The van der Waals surface area contributed by atoms with Crippen LogP contribution in [0.25, 0.3) is 0 Å². The molecule has 5 aromatic rings. The Morgan fingerprint density at radius 2 is 1.42 bits per heavy atom.